The Labute approximate surface area is 193 Å². The highest BCUT2D eigenvalue weighted by atomic mass is 19.3. The zero-order chi connectivity index (χ0) is 23.2. The van der Waals surface area contributed by atoms with Crippen LogP contribution in [0.25, 0.3) is 0 Å². The van der Waals surface area contributed by atoms with Gasteiger partial charge in [-0.2, -0.15) is 5.10 Å². The van der Waals surface area contributed by atoms with Gasteiger partial charge >= 0.3 is 6.09 Å². The molecule has 2 aromatic rings. The number of nitrogens with zero attached hydrogens (tertiary/aromatic N) is 2. The van der Waals surface area contributed by atoms with Crippen LogP contribution in [0.5, 0.6) is 0 Å². The second kappa shape index (κ2) is 11.1. The molecule has 180 valence electrons. The highest BCUT2D eigenvalue weighted by Gasteiger charge is 2.38. The summed E-state index contributed by atoms with van der Waals surface area (Å²) in [6.45, 7) is 1.92. The molecule has 1 aromatic heterocycles. The standard InChI is InChI=1S/C25H33F2N3O3/c1-17-14-28-29-24(17)21-8-5-13-30(25(31)33-16-23(26)27)22(21)15-32-20-11-9-19(10-12-20)18-6-3-2-4-7-18/h2-4,6-7,14,19-23H,5,8-13,15-16H2,1H3,(H,28,29)/t19?,20?,21-,22-/m0/s1. The van der Waals surface area contributed by atoms with E-state index in [4.69, 9.17) is 9.47 Å². The highest BCUT2D eigenvalue weighted by molar-refractivity contribution is 5.68. The van der Waals surface area contributed by atoms with Crippen LogP contribution in [0.4, 0.5) is 13.6 Å². The zero-order valence-electron chi connectivity index (χ0n) is 19.1. The van der Waals surface area contributed by atoms with Gasteiger partial charge in [-0.15, -0.1) is 0 Å². The number of rotatable bonds is 7. The Balaban J connectivity index is 1.40. The molecule has 1 aromatic carbocycles. The number of alkyl halides is 2. The van der Waals surface area contributed by atoms with E-state index in [1.165, 1.54) is 5.56 Å². The average molecular weight is 462 g/mol. The monoisotopic (exact) mass is 461 g/mol. The van der Waals surface area contributed by atoms with Crippen LogP contribution >= 0.6 is 0 Å². The number of H-pyrrole nitrogens is 1. The number of likely N-dealkylation sites (tertiary alicyclic amines) is 1. The maximum Gasteiger partial charge on any atom is 0.410 e. The van der Waals surface area contributed by atoms with Crippen molar-refractivity contribution in [1.29, 1.82) is 0 Å². The van der Waals surface area contributed by atoms with Gasteiger partial charge in [0.05, 0.1) is 24.9 Å². The molecule has 1 aliphatic heterocycles. The molecule has 2 fully saturated rings. The number of hydrogen-bond donors (Lipinski definition) is 1. The van der Waals surface area contributed by atoms with E-state index in [1.807, 2.05) is 13.0 Å². The summed E-state index contributed by atoms with van der Waals surface area (Å²) in [5.41, 5.74) is 3.38. The maximum absolute atomic E-state index is 12.7. The molecule has 0 spiro atoms. The van der Waals surface area contributed by atoms with Gasteiger partial charge < -0.3 is 14.4 Å². The van der Waals surface area contributed by atoms with Crippen molar-refractivity contribution in [2.75, 3.05) is 19.8 Å². The molecule has 1 amide bonds. The third-order valence-electron chi connectivity index (χ3n) is 7.03. The normalized spacial score (nSPS) is 25.9. The summed E-state index contributed by atoms with van der Waals surface area (Å²) < 4.78 is 36.5. The fourth-order valence-corrected chi connectivity index (χ4v) is 5.30. The fourth-order valence-electron chi connectivity index (χ4n) is 5.30. The first kappa shape index (κ1) is 23.7. The van der Waals surface area contributed by atoms with Crippen LogP contribution in [0, 0.1) is 6.92 Å². The molecule has 4 rings (SSSR count). The average Bonchev–Trinajstić information content (AvgIpc) is 3.27. The lowest BCUT2D eigenvalue weighted by Gasteiger charge is -2.41. The Hall–Kier alpha value is -2.48. The minimum Gasteiger partial charge on any atom is -0.443 e. The minimum atomic E-state index is -2.68. The number of nitrogens with one attached hydrogen (secondary N) is 1. The summed E-state index contributed by atoms with van der Waals surface area (Å²) in [4.78, 5) is 14.2. The van der Waals surface area contributed by atoms with Crippen LogP contribution in [0.15, 0.2) is 36.5 Å². The van der Waals surface area contributed by atoms with E-state index >= 15 is 0 Å². The lowest BCUT2D eigenvalue weighted by Crippen LogP contribution is -2.51. The van der Waals surface area contributed by atoms with Crippen LogP contribution in [0.3, 0.4) is 0 Å². The van der Waals surface area contributed by atoms with E-state index in [1.54, 1.807) is 11.1 Å². The first-order chi connectivity index (χ1) is 16.0. The minimum absolute atomic E-state index is 0.000933. The predicted octanol–water partition coefficient (Wildman–Crippen LogP) is 5.41. The Morgan fingerprint density at radius 3 is 2.61 bits per heavy atom. The van der Waals surface area contributed by atoms with Gasteiger partial charge in [0.15, 0.2) is 6.61 Å². The summed E-state index contributed by atoms with van der Waals surface area (Å²) in [5, 5.41) is 7.22. The first-order valence-corrected chi connectivity index (χ1v) is 11.9. The molecule has 0 radical (unpaired) electrons. The van der Waals surface area contributed by atoms with E-state index in [9.17, 15) is 13.6 Å². The summed E-state index contributed by atoms with van der Waals surface area (Å²) in [6, 6.07) is 10.3. The van der Waals surface area contributed by atoms with Crippen LogP contribution < -0.4 is 0 Å². The van der Waals surface area contributed by atoms with Gasteiger partial charge in [-0.3, -0.25) is 5.10 Å². The fraction of sp³-hybridized carbons (Fsp3) is 0.600. The number of halogens is 2. The number of amides is 1. The van der Waals surface area contributed by atoms with Gasteiger partial charge in [-0.05, 0) is 62.5 Å². The third kappa shape index (κ3) is 5.91. The molecule has 1 aliphatic carbocycles. The van der Waals surface area contributed by atoms with Crippen LogP contribution in [-0.4, -0.2) is 59.5 Å². The van der Waals surface area contributed by atoms with Crippen molar-refractivity contribution in [3.8, 4) is 0 Å². The van der Waals surface area contributed by atoms with Crippen molar-refractivity contribution in [3.05, 3.63) is 53.3 Å². The van der Waals surface area contributed by atoms with Crippen LogP contribution in [-0.2, 0) is 9.47 Å². The van der Waals surface area contributed by atoms with Crippen molar-refractivity contribution in [1.82, 2.24) is 15.1 Å². The van der Waals surface area contributed by atoms with Gasteiger partial charge in [-0.25, -0.2) is 13.6 Å². The summed E-state index contributed by atoms with van der Waals surface area (Å²) in [7, 11) is 0. The number of aromatic amines is 1. The number of piperidine rings is 1. The Morgan fingerprint density at radius 1 is 1.18 bits per heavy atom. The van der Waals surface area contributed by atoms with Crippen molar-refractivity contribution < 1.29 is 23.0 Å². The third-order valence-corrected chi connectivity index (χ3v) is 7.03. The zero-order valence-corrected chi connectivity index (χ0v) is 19.1. The first-order valence-electron chi connectivity index (χ1n) is 11.9. The van der Waals surface area contributed by atoms with Crippen molar-refractivity contribution in [2.24, 2.45) is 0 Å². The lowest BCUT2D eigenvalue weighted by atomic mass is 9.82. The SMILES string of the molecule is Cc1cn[nH]c1[C@H]1CCCN(C(=O)OCC(F)F)[C@H]1COC1CCC(c2ccccc2)CC1. The maximum atomic E-state index is 12.7. The number of carbonyl (C=O) groups excluding carboxylic acids is 1. The Bertz CT molecular complexity index is 884. The number of hydrogen-bond acceptors (Lipinski definition) is 4. The second-order valence-electron chi connectivity index (χ2n) is 9.16. The van der Waals surface area contributed by atoms with Gasteiger partial charge in [-0.1, -0.05) is 30.3 Å². The number of carbonyl (C=O) groups is 1. The molecule has 0 unspecified atom stereocenters. The van der Waals surface area contributed by atoms with Crippen molar-refractivity contribution in [3.63, 3.8) is 0 Å². The van der Waals surface area contributed by atoms with Gasteiger partial charge in [0.1, 0.15) is 0 Å². The molecule has 1 N–H and O–H groups in total. The molecule has 0 bridgehead atoms. The lowest BCUT2D eigenvalue weighted by molar-refractivity contribution is -0.0323. The van der Waals surface area contributed by atoms with Gasteiger partial charge in [0.2, 0.25) is 0 Å². The second-order valence-corrected chi connectivity index (χ2v) is 9.16. The number of aryl methyl sites for hydroxylation is 1. The summed E-state index contributed by atoms with van der Waals surface area (Å²) >= 11 is 0. The number of benzene rings is 1. The van der Waals surface area contributed by atoms with E-state index in [0.717, 1.165) is 49.8 Å². The molecule has 2 aliphatic rings. The molecule has 1 saturated carbocycles. The van der Waals surface area contributed by atoms with E-state index < -0.39 is 19.1 Å². The Morgan fingerprint density at radius 2 is 1.94 bits per heavy atom. The molecular formula is C25H33F2N3O3. The van der Waals surface area contributed by atoms with Gasteiger partial charge in [0, 0.05) is 18.2 Å². The predicted molar refractivity (Wildman–Crippen MR) is 121 cm³/mol. The van der Waals surface area contributed by atoms with Crippen LogP contribution in [0.2, 0.25) is 0 Å². The number of ether oxygens (including phenoxy) is 2. The van der Waals surface area contributed by atoms with Crippen LogP contribution in [0.1, 0.15) is 67.2 Å². The van der Waals surface area contributed by atoms with Crippen molar-refractivity contribution in [2.45, 2.75) is 75.9 Å². The number of aromatic nitrogens is 2. The molecule has 2 atom stereocenters. The molecule has 6 nitrogen and oxygen atoms in total. The topological polar surface area (TPSA) is 67.5 Å². The quantitative estimate of drug-likeness (QED) is 0.599. The molecule has 8 heteroatoms. The summed E-state index contributed by atoms with van der Waals surface area (Å²) in [5.74, 6) is 0.558. The molecular weight excluding hydrogens is 428 g/mol. The summed E-state index contributed by atoms with van der Waals surface area (Å²) in [6.07, 6.45) is 4.25. The highest BCUT2D eigenvalue weighted by Crippen LogP contribution is 2.37. The molecule has 33 heavy (non-hydrogen) atoms. The Kier molecular flexibility index (Phi) is 7.96. The molecule has 2 heterocycles. The molecule has 1 saturated heterocycles. The van der Waals surface area contributed by atoms with E-state index in [2.05, 4.69) is 34.5 Å². The van der Waals surface area contributed by atoms with E-state index in [0.29, 0.717) is 19.1 Å². The van der Waals surface area contributed by atoms with Gasteiger partial charge in [0.25, 0.3) is 6.43 Å². The smallest absolute Gasteiger partial charge is 0.410 e. The largest absolute Gasteiger partial charge is 0.443 e. The van der Waals surface area contributed by atoms with E-state index in [-0.39, 0.29) is 18.1 Å². The van der Waals surface area contributed by atoms with Crippen molar-refractivity contribution >= 4 is 6.09 Å².